The normalized spacial score (nSPS) is 14.3. The number of rotatable bonds is 4. The van der Waals surface area contributed by atoms with Crippen molar-refractivity contribution < 1.29 is 17.9 Å². The van der Waals surface area contributed by atoms with Crippen molar-refractivity contribution in [3.05, 3.63) is 71.0 Å². The Balaban J connectivity index is 1.58. The van der Waals surface area contributed by atoms with E-state index in [-0.39, 0.29) is 17.4 Å². The number of halogens is 3. The minimum absolute atomic E-state index is 0.106. The van der Waals surface area contributed by atoms with E-state index < -0.39 is 17.4 Å². The van der Waals surface area contributed by atoms with Crippen LogP contribution in [0.15, 0.2) is 59.8 Å². The monoisotopic (exact) mass is 535 g/mol. The van der Waals surface area contributed by atoms with Gasteiger partial charge in [0.05, 0.1) is 41.1 Å². The van der Waals surface area contributed by atoms with E-state index in [9.17, 15) is 18.0 Å². The number of alkyl halides is 3. The van der Waals surface area contributed by atoms with E-state index in [2.05, 4.69) is 20.3 Å². The first-order chi connectivity index (χ1) is 18.8. The van der Waals surface area contributed by atoms with Crippen molar-refractivity contribution in [3.8, 4) is 22.8 Å². The molecule has 12 heteroatoms. The van der Waals surface area contributed by atoms with Crippen molar-refractivity contribution >= 4 is 27.6 Å². The van der Waals surface area contributed by atoms with Crippen molar-refractivity contribution in [2.45, 2.75) is 6.18 Å². The fourth-order valence-corrected chi connectivity index (χ4v) is 5.06. The lowest BCUT2D eigenvalue weighted by Gasteiger charge is -2.31. The van der Waals surface area contributed by atoms with Crippen molar-refractivity contribution in [2.75, 3.05) is 38.2 Å². The molecule has 1 aliphatic rings. The van der Waals surface area contributed by atoms with Crippen molar-refractivity contribution in [1.29, 1.82) is 0 Å². The van der Waals surface area contributed by atoms with Gasteiger partial charge in [-0.2, -0.15) is 13.2 Å². The maximum atomic E-state index is 14.3. The van der Waals surface area contributed by atoms with Crippen LogP contribution < -0.4 is 20.6 Å². The Labute approximate surface area is 220 Å². The number of pyridine rings is 1. The molecule has 1 saturated heterocycles. The highest BCUT2D eigenvalue weighted by Gasteiger charge is 2.36. The molecule has 0 spiro atoms. The number of aromatic nitrogens is 5. The number of piperazine rings is 1. The van der Waals surface area contributed by atoms with Crippen LogP contribution in [0.4, 0.5) is 18.9 Å². The molecule has 200 valence electrons. The third kappa shape index (κ3) is 4.26. The van der Waals surface area contributed by atoms with Crippen molar-refractivity contribution in [3.63, 3.8) is 0 Å². The van der Waals surface area contributed by atoms with E-state index in [0.29, 0.717) is 53.7 Å². The second-order valence-corrected chi connectivity index (χ2v) is 9.30. The summed E-state index contributed by atoms with van der Waals surface area (Å²) in [5.74, 6) is 0. The van der Waals surface area contributed by atoms with Gasteiger partial charge in [0.1, 0.15) is 0 Å². The standard InChI is InChI=1S/C27H24F3N7O2/c1-35-23-15-32-21-5-3-16(17-13-33-25(39-2)34-14-17)11-19(21)24(23)37(26(35)38)18-4-6-22(20(12-18)27(28,29)30)36-9-7-31-8-10-36/h3-6,11-15,31H,7-10H2,1-2H3. The summed E-state index contributed by atoms with van der Waals surface area (Å²) >= 11 is 0. The molecule has 1 aliphatic heterocycles. The molecule has 1 N–H and O–H groups in total. The van der Waals surface area contributed by atoms with Crippen LogP contribution in [0.5, 0.6) is 6.01 Å². The van der Waals surface area contributed by atoms with Crippen LogP contribution in [-0.2, 0) is 13.2 Å². The number of imidazole rings is 1. The summed E-state index contributed by atoms with van der Waals surface area (Å²) in [5.41, 5.74) is 2.00. The number of nitrogens with zero attached hydrogens (tertiary/aromatic N) is 6. The highest BCUT2D eigenvalue weighted by Crippen LogP contribution is 2.39. The number of hydrogen-bond acceptors (Lipinski definition) is 7. The molecule has 0 saturated carbocycles. The summed E-state index contributed by atoms with van der Waals surface area (Å²) in [7, 11) is 3.05. The average molecular weight is 536 g/mol. The third-order valence-corrected chi connectivity index (χ3v) is 7.03. The first kappa shape index (κ1) is 24.9. The lowest BCUT2D eigenvalue weighted by molar-refractivity contribution is -0.137. The van der Waals surface area contributed by atoms with E-state index in [1.165, 1.54) is 22.3 Å². The highest BCUT2D eigenvalue weighted by atomic mass is 19.4. The lowest BCUT2D eigenvalue weighted by atomic mass is 10.0. The number of anilines is 1. The van der Waals surface area contributed by atoms with E-state index in [0.717, 1.165) is 11.6 Å². The number of nitrogens with one attached hydrogen (secondary N) is 1. The van der Waals surface area contributed by atoms with Crippen LogP contribution in [0.3, 0.4) is 0 Å². The van der Waals surface area contributed by atoms with Gasteiger partial charge >= 0.3 is 17.9 Å². The zero-order chi connectivity index (χ0) is 27.3. The molecule has 39 heavy (non-hydrogen) atoms. The minimum atomic E-state index is -4.60. The second kappa shape index (κ2) is 9.38. The Bertz CT molecular complexity index is 1750. The SMILES string of the molecule is COc1ncc(-c2ccc3ncc4c(c3c2)n(-c2ccc(N3CCNCC3)c(C(F)(F)F)c2)c(=O)n4C)cn1. The summed E-state index contributed by atoms with van der Waals surface area (Å²) in [5, 5.41) is 3.77. The van der Waals surface area contributed by atoms with Gasteiger partial charge in [-0.05, 0) is 35.9 Å². The van der Waals surface area contributed by atoms with Crippen molar-refractivity contribution in [2.24, 2.45) is 7.05 Å². The summed E-state index contributed by atoms with van der Waals surface area (Å²) in [4.78, 5) is 28.0. The van der Waals surface area contributed by atoms with Gasteiger partial charge in [-0.1, -0.05) is 6.07 Å². The first-order valence-corrected chi connectivity index (χ1v) is 12.3. The molecule has 3 aromatic heterocycles. The van der Waals surface area contributed by atoms with Gasteiger partial charge < -0.3 is 15.0 Å². The van der Waals surface area contributed by atoms with E-state index in [4.69, 9.17) is 4.74 Å². The van der Waals surface area contributed by atoms with Gasteiger partial charge in [-0.15, -0.1) is 0 Å². The molecule has 2 aromatic carbocycles. The topological polar surface area (TPSA) is 90.1 Å². The maximum absolute atomic E-state index is 14.3. The largest absolute Gasteiger partial charge is 0.467 e. The van der Waals surface area contributed by atoms with Crippen LogP contribution in [0.2, 0.25) is 0 Å². The van der Waals surface area contributed by atoms with Crippen LogP contribution in [0.1, 0.15) is 5.56 Å². The summed E-state index contributed by atoms with van der Waals surface area (Å²) < 4.78 is 50.7. The highest BCUT2D eigenvalue weighted by molar-refractivity contribution is 6.04. The smallest absolute Gasteiger partial charge is 0.418 e. The quantitative estimate of drug-likeness (QED) is 0.375. The molecule has 0 unspecified atom stereocenters. The van der Waals surface area contributed by atoms with Gasteiger partial charge in [-0.3, -0.25) is 14.1 Å². The molecule has 0 bridgehead atoms. The number of benzene rings is 2. The fourth-order valence-electron chi connectivity index (χ4n) is 5.06. The number of methoxy groups -OCH3 is 1. The van der Waals surface area contributed by atoms with Gasteiger partial charge in [0, 0.05) is 62.3 Å². The fraction of sp³-hybridized carbons (Fsp3) is 0.259. The van der Waals surface area contributed by atoms with Crippen LogP contribution >= 0.6 is 0 Å². The summed E-state index contributed by atoms with van der Waals surface area (Å²) in [6, 6.07) is 9.80. The molecular formula is C27H24F3N7O2. The molecule has 6 rings (SSSR count). The lowest BCUT2D eigenvalue weighted by Crippen LogP contribution is -2.44. The van der Waals surface area contributed by atoms with Crippen LogP contribution in [-0.4, -0.2) is 57.4 Å². The minimum Gasteiger partial charge on any atom is -0.467 e. The zero-order valence-electron chi connectivity index (χ0n) is 21.2. The Hall–Kier alpha value is -4.45. The van der Waals surface area contributed by atoms with Gasteiger partial charge in [0.25, 0.3) is 0 Å². The molecular weight excluding hydrogens is 511 g/mol. The molecule has 0 amide bonds. The predicted octanol–water partition coefficient (Wildman–Crippen LogP) is 3.77. The van der Waals surface area contributed by atoms with Crippen LogP contribution in [0, 0.1) is 0 Å². The van der Waals surface area contributed by atoms with E-state index in [1.807, 2.05) is 12.1 Å². The predicted molar refractivity (Wildman–Crippen MR) is 141 cm³/mol. The third-order valence-electron chi connectivity index (χ3n) is 7.03. The van der Waals surface area contributed by atoms with E-state index >= 15 is 0 Å². The molecule has 1 fully saturated rings. The van der Waals surface area contributed by atoms with Crippen molar-refractivity contribution in [1.82, 2.24) is 29.4 Å². The number of aryl methyl sites for hydroxylation is 1. The Kier molecular flexibility index (Phi) is 5.98. The first-order valence-electron chi connectivity index (χ1n) is 12.3. The number of ether oxygens (including phenoxy) is 1. The molecule has 4 heterocycles. The average Bonchev–Trinajstić information content (AvgIpc) is 3.22. The van der Waals surface area contributed by atoms with Gasteiger partial charge in [-0.25, -0.2) is 14.8 Å². The Morgan fingerprint density at radius 3 is 2.38 bits per heavy atom. The number of fused-ring (bicyclic) bond motifs is 3. The molecule has 0 radical (unpaired) electrons. The Morgan fingerprint density at radius 1 is 0.949 bits per heavy atom. The summed E-state index contributed by atoms with van der Waals surface area (Å²) in [6.45, 7) is 2.13. The number of hydrogen-bond donors (Lipinski definition) is 1. The zero-order valence-corrected chi connectivity index (χ0v) is 21.2. The molecule has 0 atom stereocenters. The molecule has 9 nitrogen and oxygen atoms in total. The summed E-state index contributed by atoms with van der Waals surface area (Å²) in [6.07, 6.45) is 0.188. The molecule has 5 aromatic rings. The van der Waals surface area contributed by atoms with Gasteiger partial charge in [0.15, 0.2) is 0 Å². The Morgan fingerprint density at radius 2 is 1.69 bits per heavy atom. The maximum Gasteiger partial charge on any atom is 0.418 e. The second-order valence-electron chi connectivity index (χ2n) is 9.30. The van der Waals surface area contributed by atoms with E-state index in [1.54, 1.807) is 42.7 Å². The van der Waals surface area contributed by atoms with Crippen LogP contribution in [0.25, 0.3) is 38.8 Å². The molecule has 0 aliphatic carbocycles. The van der Waals surface area contributed by atoms with Gasteiger partial charge in [0.2, 0.25) is 0 Å².